The molecule has 0 fully saturated rings. The summed E-state index contributed by atoms with van der Waals surface area (Å²) in [4.78, 5) is 22.8. The zero-order valence-electron chi connectivity index (χ0n) is 15.1. The Bertz CT molecular complexity index is 630. The molecule has 2 rings (SSSR count). The molecule has 5 heteroatoms. The van der Waals surface area contributed by atoms with Crippen LogP contribution in [-0.2, 0) is 17.7 Å². The van der Waals surface area contributed by atoms with E-state index in [2.05, 4.69) is 29.7 Å². The summed E-state index contributed by atoms with van der Waals surface area (Å²) < 4.78 is 5.43. The van der Waals surface area contributed by atoms with Gasteiger partial charge in [-0.15, -0.1) is 13.2 Å². The summed E-state index contributed by atoms with van der Waals surface area (Å²) in [5, 5.41) is 0. The quantitative estimate of drug-likeness (QED) is 0.604. The van der Waals surface area contributed by atoms with Crippen LogP contribution < -0.4 is 0 Å². The van der Waals surface area contributed by atoms with Crippen molar-refractivity contribution in [1.82, 2.24) is 14.9 Å². The van der Waals surface area contributed by atoms with E-state index in [9.17, 15) is 4.79 Å². The van der Waals surface area contributed by atoms with Gasteiger partial charge in [-0.2, -0.15) is 0 Å². The predicted molar refractivity (Wildman–Crippen MR) is 97.5 cm³/mol. The van der Waals surface area contributed by atoms with E-state index >= 15 is 0 Å². The first kappa shape index (κ1) is 19.6. The average Bonchev–Trinajstić information content (AvgIpc) is 2.55. The number of rotatable bonds is 2. The summed E-state index contributed by atoms with van der Waals surface area (Å²) in [5.74, 6) is 0.641. The molecule has 1 aromatic heterocycles. The second kappa shape index (κ2) is 8.43. The Balaban J connectivity index is 0.00000139. The van der Waals surface area contributed by atoms with Gasteiger partial charge >= 0.3 is 6.09 Å². The van der Waals surface area contributed by atoms with Crippen molar-refractivity contribution in [2.75, 3.05) is 6.54 Å². The molecule has 130 valence electrons. The Morgan fingerprint density at radius 1 is 1.38 bits per heavy atom. The second-order valence-electron chi connectivity index (χ2n) is 6.27. The highest BCUT2D eigenvalue weighted by Gasteiger charge is 2.26. The van der Waals surface area contributed by atoms with Crippen molar-refractivity contribution in [3.63, 3.8) is 0 Å². The molecule has 0 aromatic carbocycles. The number of hydrogen-bond donors (Lipinski definition) is 0. The van der Waals surface area contributed by atoms with Gasteiger partial charge in [0.05, 0.1) is 12.2 Å². The van der Waals surface area contributed by atoms with Crippen LogP contribution in [0.5, 0.6) is 0 Å². The van der Waals surface area contributed by atoms with Crippen LogP contribution in [0.1, 0.15) is 44.8 Å². The molecule has 1 aliphatic heterocycles. The number of carbonyl (C=O) groups is 1. The molecule has 0 aliphatic carbocycles. The van der Waals surface area contributed by atoms with Crippen LogP contribution in [0.4, 0.5) is 4.79 Å². The molecule has 0 spiro atoms. The van der Waals surface area contributed by atoms with Gasteiger partial charge in [0, 0.05) is 18.3 Å². The van der Waals surface area contributed by atoms with Crippen LogP contribution in [-0.4, -0.2) is 33.1 Å². The third kappa shape index (κ3) is 5.05. The molecule has 2 heterocycles. The van der Waals surface area contributed by atoms with Gasteiger partial charge in [-0.25, -0.2) is 14.8 Å². The maximum Gasteiger partial charge on any atom is 0.410 e. The lowest BCUT2D eigenvalue weighted by Crippen LogP contribution is -2.40. The number of nitrogens with zero attached hydrogens (tertiary/aromatic N) is 3. The third-order valence-electron chi connectivity index (χ3n) is 3.39. The SMILES string of the molecule is C=C.C=C/C(=C\C)c1ncc2c(n1)CN(C(=O)OC(C)(C)C)CC2. The van der Waals surface area contributed by atoms with E-state index in [1.807, 2.05) is 40.0 Å². The van der Waals surface area contributed by atoms with Crippen LogP contribution in [0.3, 0.4) is 0 Å². The van der Waals surface area contributed by atoms with E-state index in [0.29, 0.717) is 18.9 Å². The number of fused-ring (bicyclic) bond motifs is 1. The monoisotopic (exact) mass is 329 g/mol. The second-order valence-corrected chi connectivity index (χ2v) is 6.27. The lowest BCUT2D eigenvalue weighted by atomic mass is 10.1. The Labute approximate surface area is 144 Å². The summed E-state index contributed by atoms with van der Waals surface area (Å²) in [6.45, 7) is 18.4. The minimum Gasteiger partial charge on any atom is -0.444 e. The van der Waals surface area contributed by atoms with Crippen LogP contribution in [0.2, 0.25) is 0 Å². The molecule has 0 saturated carbocycles. The molecule has 0 saturated heterocycles. The van der Waals surface area contributed by atoms with E-state index in [-0.39, 0.29) is 6.09 Å². The average molecular weight is 329 g/mol. The van der Waals surface area contributed by atoms with Crippen LogP contribution in [0.25, 0.3) is 5.57 Å². The third-order valence-corrected chi connectivity index (χ3v) is 3.39. The lowest BCUT2D eigenvalue weighted by molar-refractivity contribution is 0.0220. The zero-order valence-corrected chi connectivity index (χ0v) is 15.1. The fourth-order valence-corrected chi connectivity index (χ4v) is 2.26. The molecular formula is C19H27N3O2. The van der Waals surface area contributed by atoms with E-state index in [1.165, 1.54) is 0 Å². The Hall–Kier alpha value is -2.43. The summed E-state index contributed by atoms with van der Waals surface area (Å²) in [6, 6.07) is 0. The molecule has 0 bridgehead atoms. The Morgan fingerprint density at radius 2 is 2.04 bits per heavy atom. The van der Waals surface area contributed by atoms with Crippen LogP contribution in [0, 0.1) is 0 Å². The largest absolute Gasteiger partial charge is 0.444 e. The highest BCUT2D eigenvalue weighted by Crippen LogP contribution is 2.21. The summed E-state index contributed by atoms with van der Waals surface area (Å²) >= 11 is 0. The zero-order chi connectivity index (χ0) is 18.3. The Kier molecular flexibility index (Phi) is 6.89. The van der Waals surface area contributed by atoms with Gasteiger partial charge in [-0.1, -0.05) is 18.7 Å². The first-order valence-corrected chi connectivity index (χ1v) is 7.96. The number of amides is 1. The van der Waals surface area contributed by atoms with Gasteiger partial charge in [0.25, 0.3) is 0 Å². The predicted octanol–water partition coefficient (Wildman–Crippen LogP) is 4.16. The van der Waals surface area contributed by atoms with E-state index in [4.69, 9.17) is 4.74 Å². The topological polar surface area (TPSA) is 55.3 Å². The highest BCUT2D eigenvalue weighted by atomic mass is 16.6. The molecule has 5 nitrogen and oxygen atoms in total. The van der Waals surface area contributed by atoms with Gasteiger partial charge in [0.1, 0.15) is 5.60 Å². The van der Waals surface area contributed by atoms with Gasteiger partial charge in [-0.05, 0) is 39.7 Å². The van der Waals surface area contributed by atoms with Crippen LogP contribution in [0.15, 0.2) is 38.1 Å². The number of aromatic nitrogens is 2. The van der Waals surface area contributed by atoms with Crippen LogP contribution >= 0.6 is 0 Å². The minimum absolute atomic E-state index is 0.298. The van der Waals surface area contributed by atoms with Crippen molar-refractivity contribution in [1.29, 1.82) is 0 Å². The van der Waals surface area contributed by atoms with E-state index < -0.39 is 5.60 Å². The standard InChI is InChI=1S/C17H23N3O2.C2H4/c1-6-12(7-2)15-18-10-13-8-9-20(11-14(13)19-15)16(21)22-17(3,4)5;1-2/h6-7,10H,1,8-9,11H2,2-5H3;1-2H2/b12-7+;. The Morgan fingerprint density at radius 3 is 2.58 bits per heavy atom. The first-order valence-electron chi connectivity index (χ1n) is 7.96. The maximum absolute atomic E-state index is 12.2. The van der Waals surface area contributed by atoms with Crippen molar-refractivity contribution in [3.05, 3.63) is 55.2 Å². The van der Waals surface area contributed by atoms with E-state index in [1.54, 1.807) is 11.0 Å². The lowest BCUT2D eigenvalue weighted by Gasteiger charge is -2.30. The number of carbonyl (C=O) groups excluding carboxylic acids is 1. The fourth-order valence-electron chi connectivity index (χ4n) is 2.26. The summed E-state index contributed by atoms with van der Waals surface area (Å²) in [5.41, 5.74) is 2.36. The van der Waals surface area contributed by atoms with Crippen molar-refractivity contribution in [3.8, 4) is 0 Å². The summed E-state index contributed by atoms with van der Waals surface area (Å²) in [6.07, 6.45) is 5.94. The molecule has 1 aliphatic rings. The molecule has 24 heavy (non-hydrogen) atoms. The number of allylic oxidation sites excluding steroid dienone is 3. The van der Waals surface area contributed by atoms with Crippen molar-refractivity contribution in [2.45, 2.75) is 46.3 Å². The van der Waals surface area contributed by atoms with Crippen molar-refractivity contribution >= 4 is 11.7 Å². The van der Waals surface area contributed by atoms with Gasteiger partial charge in [0.15, 0.2) is 5.82 Å². The fraction of sp³-hybridized carbons (Fsp3) is 0.421. The minimum atomic E-state index is -0.491. The normalized spacial score (nSPS) is 14.2. The molecular weight excluding hydrogens is 302 g/mol. The molecule has 0 N–H and O–H groups in total. The number of hydrogen-bond acceptors (Lipinski definition) is 4. The van der Waals surface area contributed by atoms with Gasteiger partial charge in [0.2, 0.25) is 0 Å². The highest BCUT2D eigenvalue weighted by molar-refractivity contribution is 5.69. The smallest absolute Gasteiger partial charge is 0.410 e. The molecule has 0 radical (unpaired) electrons. The molecule has 1 aromatic rings. The van der Waals surface area contributed by atoms with Crippen molar-refractivity contribution in [2.24, 2.45) is 0 Å². The van der Waals surface area contributed by atoms with E-state index in [0.717, 1.165) is 23.3 Å². The maximum atomic E-state index is 12.2. The molecule has 1 amide bonds. The van der Waals surface area contributed by atoms with Crippen molar-refractivity contribution < 1.29 is 9.53 Å². The number of ether oxygens (including phenoxy) is 1. The summed E-state index contributed by atoms with van der Waals surface area (Å²) in [7, 11) is 0. The van der Waals surface area contributed by atoms with Gasteiger partial charge < -0.3 is 9.64 Å². The van der Waals surface area contributed by atoms with Gasteiger partial charge in [-0.3, -0.25) is 0 Å². The molecule has 0 atom stereocenters. The molecule has 0 unspecified atom stereocenters. The first-order chi connectivity index (χ1) is 11.3.